The highest BCUT2D eigenvalue weighted by Crippen LogP contribution is 2.37. The SMILES string of the molecule is CCOC(=O)C(=[N+]=[N-])C(=O)c1sc(-c2ccc(OC)cc2)cc1Nc1ccc(OC)cc1. The number of nitrogens with one attached hydrogen (secondary N) is 1. The van der Waals surface area contributed by atoms with Crippen LogP contribution < -0.4 is 14.8 Å². The molecule has 0 atom stereocenters. The van der Waals surface area contributed by atoms with Gasteiger partial charge in [-0.05, 0) is 67.1 Å². The number of nitrogens with zero attached hydrogens (tertiary/aromatic N) is 2. The second kappa shape index (κ2) is 10.4. The van der Waals surface area contributed by atoms with Crippen LogP contribution in [-0.2, 0) is 9.53 Å². The fourth-order valence-electron chi connectivity index (χ4n) is 2.87. The molecule has 32 heavy (non-hydrogen) atoms. The summed E-state index contributed by atoms with van der Waals surface area (Å²) in [4.78, 5) is 29.1. The van der Waals surface area contributed by atoms with Crippen molar-refractivity contribution >= 4 is 40.2 Å². The van der Waals surface area contributed by atoms with Crippen LogP contribution in [-0.4, -0.2) is 43.1 Å². The van der Waals surface area contributed by atoms with Gasteiger partial charge in [0.1, 0.15) is 16.4 Å². The maximum atomic E-state index is 13.1. The zero-order valence-electron chi connectivity index (χ0n) is 17.7. The van der Waals surface area contributed by atoms with Crippen LogP contribution in [0.1, 0.15) is 16.6 Å². The van der Waals surface area contributed by atoms with Crippen LogP contribution in [0.2, 0.25) is 0 Å². The Kier molecular flexibility index (Phi) is 7.38. The molecule has 0 bridgehead atoms. The van der Waals surface area contributed by atoms with Gasteiger partial charge in [-0.1, -0.05) is 0 Å². The molecule has 8 nitrogen and oxygen atoms in total. The highest BCUT2D eigenvalue weighted by molar-refractivity contribution is 7.19. The molecule has 3 rings (SSSR count). The molecule has 0 aliphatic heterocycles. The number of benzene rings is 2. The van der Waals surface area contributed by atoms with Crippen molar-refractivity contribution < 1.29 is 28.6 Å². The van der Waals surface area contributed by atoms with E-state index < -0.39 is 17.5 Å². The lowest BCUT2D eigenvalue weighted by Crippen LogP contribution is -2.27. The van der Waals surface area contributed by atoms with E-state index in [-0.39, 0.29) is 11.5 Å². The standard InChI is InChI=1S/C23H21N3O5S/c1-4-31-23(28)20(26-24)21(27)22-18(25-15-7-11-17(30-3)12-8-15)13-19(32-22)14-5-9-16(29-2)10-6-14/h5-13,25H,4H2,1-3H3. The Morgan fingerprint density at radius 1 is 1.00 bits per heavy atom. The number of hydrogen-bond acceptors (Lipinski definition) is 7. The van der Waals surface area contributed by atoms with Gasteiger partial charge in [0.05, 0.1) is 26.5 Å². The Bertz CT molecular complexity index is 1160. The van der Waals surface area contributed by atoms with Gasteiger partial charge in [-0.25, -0.2) is 4.79 Å². The lowest BCUT2D eigenvalue weighted by Gasteiger charge is -2.07. The van der Waals surface area contributed by atoms with E-state index >= 15 is 0 Å². The molecule has 1 heterocycles. The van der Waals surface area contributed by atoms with Crippen molar-refractivity contribution in [2.75, 3.05) is 26.1 Å². The van der Waals surface area contributed by atoms with Crippen LogP contribution in [0, 0.1) is 0 Å². The van der Waals surface area contributed by atoms with E-state index in [0.29, 0.717) is 22.9 Å². The number of Topliss-reactive ketones (excluding diaryl/α,β-unsaturated/α-hetero) is 1. The average Bonchev–Trinajstić information content (AvgIpc) is 3.24. The molecule has 164 valence electrons. The fourth-order valence-corrected chi connectivity index (χ4v) is 3.93. The predicted molar refractivity (Wildman–Crippen MR) is 122 cm³/mol. The van der Waals surface area contributed by atoms with E-state index in [1.165, 1.54) is 0 Å². The van der Waals surface area contributed by atoms with Gasteiger partial charge in [0.15, 0.2) is 0 Å². The van der Waals surface area contributed by atoms with Gasteiger partial charge >= 0.3 is 11.7 Å². The molecule has 0 unspecified atom stereocenters. The Morgan fingerprint density at radius 2 is 1.59 bits per heavy atom. The van der Waals surface area contributed by atoms with Crippen LogP contribution in [0.25, 0.3) is 16.0 Å². The van der Waals surface area contributed by atoms with Gasteiger partial charge < -0.3 is 25.1 Å². The van der Waals surface area contributed by atoms with Gasteiger partial charge in [0.25, 0.3) is 5.78 Å². The molecule has 0 saturated carbocycles. The fraction of sp³-hybridized carbons (Fsp3) is 0.174. The van der Waals surface area contributed by atoms with Gasteiger partial charge in [-0.3, -0.25) is 4.79 Å². The van der Waals surface area contributed by atoms with E-state index in [1.807, 2.05) is 24.3 Å². The van der Waals surface area contributed by atoms with E-state index in [1.54, 1.807) is 51.5 Å². The topological polar surface area (TPSA) is 110 Å². The third-order valence-corrected chi connectivity index (χ3v) is 5.65. The summed E-state index contributed by atoms with van der Waals surface area (Å²) in [5.41, 5.74) is 10.6. The minimum atomic E-state index is -0.991. The summed E-state index contributed by atoms with van der Waals surface area (Å²) in [6.07, 6.45) is 0. The smallest absolute Gasteiger partial charge is 0.447 e. The summed E-state index contributed by atoms with van der Waals surface area (Å²) in [6, 6.07) is 16.3. The van der Waals surface area contributed by atoms with Crippen molar-refractivity contribution in [1.29, 1.82) is 0 Å². The van der Waals surface area contributed by atoms with E-state index in [2.05, 4.69) is 10.1 Å². The molecular weight excluding hydrogens is 430 g/mol. The Morgan fingerprint density at radius 3 is 2.12 bits per heavy atom. The molecule has 0 aliphatic rings. The van der Waals surface area contributed by atoms with Gasteiger partial charge in [0, 0.05) is 10.6 Å². The lowest BCUT2D eigenvalue weighted by molar-refractivity contribution is -0.139. The molecule has 0 aliphatic carbocycles. The molecule has 0 radical (unpaired) electrons. The molecule has 0 fully saturated rings. The van der Waals surface area contributed by atoms with Crippen LogP contribution >= 0.6 is 11.3 Å². The maximum absolute atomic E-state index is 13.1. The molecule has 2 aromatic carbocycles. The molecule has 9 heteroatoms. The van der Waals surface area contributed by atoms with Crippen molar-refractivity contribution in [2.24, 2.45) is 0 Å². The summed E-state index contributed by atoms with van der Waals surface area (Å²) in [5.74, 6) is -0.343. The maximum Gasteiger partial charge on any atom is 0.447 e. The summed E-state index contributed by atoms with van der Waals surface area (Å²) in [5, 5.41) is 3.19. The van der Waals surface area contributed by atoms with Crippen LogP contribution in [0.4, 0.5) is 11.4 Å². The predicted octanol–water partition coefficient (Wildman–Crippen LogP) is 4.59. The molecule has 0 spiro atoms. The van der Waals surface area contributed by atoms with Crippen molar-refractivity contribution in [3.8, 4) is 21.9 Å². The van der Waals surface area contributed by atoms with Crippen molar-refractivity contribution in [2.45, 2.75) is 6.92 Å². The number of rotatable bonds is 9. The number of esters is 1. The number of ketones is 1. The number of ether oxygens (including phenoxy) is 3. The van der Waals surface area contributed by atoms with Crippen molar-refractivity contribution in [3.05, 3.63) is 65.0 Å². The van der Waals surface area contributed by atoms with Crippen LogP contribution in [0.3, 0.4) is 0 Å². The Labute approximate surface area is 189 Å². The van der Waals surface area contributed by atoms with Crippen LogP contribution in [0.5, 0.6) is 11.5 Å². The minimum absolute atomic E-state index is 0.0453. The summed E-state index contributed by atoms with van der Waals surface area (Å²) >= 11 is 1.16. The number of hydrogen-bond donors (Lipinski definition) is 1. The Balaban J connectivity index is 2.03. The first-order chi connectivity index (χ1) is 15.5. The minimum Gasteiger partial charge on any atom is -0.497 e. The highest BCUT2D eigenvalue weighted by atomic mass is 32.1. The zero-order chi connectivity index (χ0) is 23.1. The van der Waals surface area contributed by atoms with Gasteiger partial charge in [0.2, 0.25) is 0 Å². The number of carbonyl (C=O) groups is 2. The Hall–Kier alpha value is -3.94. The van der Waals surface area contributed by atoms with E-state index in [0.717, 1.165) is 21.8 Å². The van der Waals surface area contributed by atoms with Crippen molar-refractivity contribution in [1.82, 2.24) is 0 Å². The highest BCUT2D eigenvalue weighted by Gasteiger charge is 2.35. The second-order valence-corrected chi connectivity index (χ2v) is 7.49. The first-order valence-corrected chi connectivity index (χ1v) is 10.5. The quantitative estimate of drug-likeness (QED) is 0.127. The van der Waals surface area contributed by atoms with Gasteiger partial charge in [-0.2, -0.15) is 4.79 Å². The first-order valence-electron chi connectivity index (χ1n) is 9.63. The average molecular weight is 452 g/mol. The van der Waals surface area contributed by atoms with Gasteiger partial charge in [-0.15, -0.1) is 11.3 Å². The molecule has 3 aromatic rings. The molecule has 0 amide bonds. The third-order valence-electron chi connectivity index (χ3n) is 4.47. The largest absolute Gasteiger partial charge is 0.497 e. The lowest BCUT2D eigenvalue weighted by atomic mass is 10.1. The normalized spacial score (nSPS) is 10.1. The first kappa shape index (κ1) is 22.7. The molecule has 1 N–H and O–H groups in total. The van der Waals surface area contributed by atoms with E-state index in [4.69, 9.17) is 14.2 Å². The number of carbonyl (C=O) groups excluding carboxylic acids is 2. The summed E-state index contributed by atoms with van der Waals surface area (Å²) in [7, 11) is 3.16. The monoisotopic (exact) mass is 451 g/mol. The number of anilines is 2. The van der Waals surface area contributed by atoms with Crippen LogP contribution in [0.15, 0.2) is 54.6 Å². The molecule has 0 saturated heterocycles. The zero-order valence-corrected chi connectivity index (χ0v) is 18.6. The third kappa shape index (κ3) is 5.03. The number of methoxy groups -OCH3 is 2. The van der Waals surface area contributed by atoms with Crippen molar-refractivity contribution in [3.63, 3.8) is 0 Å². The molecule has 1 aromatic heterocycles. The molecular formula is C23H21N3O5S. The van der Waals surface area contributed by atoms with E-state index in [9.17, 15) is 15.1 Å². The summed E-state index contributed by atoms with van der Waals surface area (Å²) in [6.45, 7) is 1.64. The second-order valence-electron chi connectivity index (χ2n) is 6.43. The summed E-state index contributed by atoms with van der Waals surface area (Å²) < 4.78 is 15.2. The number of thiophene rings is 1.